The Morgan fingerprint density at radius 3 is 2.44 bits per heavy atom. The molecule has 1 aromatic carbocycles. The second-order valence-electron chi connectivity index (χ2n) is 10.3. The second kappa shape index (κ2) is 8.29. The highest BCUT2D eigenvalue weighted by molar-refractivity contribution is 5.99. The van der Waals surface area contributed by atoms with Crippen molar-refractivity contribution in [3.8, 4) is 0 Å². The third-order valence-electron chi connectivity index (χ3n) is 7.47. The van der Waals surface area contributed by atoms with E-state index in [1.807, 2.05) is 7.05 Å². The molecule has 1 saturated heterocycles. The number of hydrogen-bond donors (Lipinski definition) is 2. The van der Waals surface area contributed by atoms with E-state index in [9.17, 15) is 31.5 Å². The maximum Gasteiger partial charge on any atom is 0.273 e. The van der Waals surface area contributed by atoms with Gasteiger partial charge in [0.2, 0.25) is 0 Å². The average molecular weight is 511 g/mol. The van der Waals surface area contributed by atoms with Gasteiger partial charge in [0.05, 0.1) is 22.9 Å². The zero-order chi connectivity index (χ0) is 26.2. The van der Waals surface area contributed by atoms with E-state index in [2.05, 4.69) is 15.5 Å². The summed E-state index contributed by atoms with van der Waals surface area (Å²) in [6.45, 7) is 3.75. The third-order valence-corrected chi connectivity index (χ3v) is 7.47. The molecule has 6 nitrogen and oxygen atoms in total. The van der Waals surface area contributed by atoms with Crippen molar-refractivity contribution in [2.24, 2.45) is 11.8 Å². The van der Waals surface area contributed by atoms with Crippen molar-refractivity contribution >= 4 is 11.6 Å². The Labute approximate surface area is 204 Å². The molecule has 194 valence electrons. The predicted molar refractivity (Wildman–Crippen MR) is 123 cm³/mol. The Hall–Kier alpha value is -2.95. The van der Waals surface area contributed by atoms with Crippen LogP contribution in [0.2, 0.25) is 0 Å². The van der Waals surface area contributed by atoms with E-state index < -0.39 is 53.2 Å². The van der Waals surface area contributed by atoms with Gasteiger partial charge in [-0.3, -0.25) is 9.59 Å². The van der Waals surface area contributed by atoms with Crippen molar-refractivity contribution in [2.75, 3.05) is 25.5 Å². The summed E-state index contributed by atoms with van der Waals surface area (Å²) in [5.74, 6) is -7.61. The maximum absolute atomic E-state index is 14.8. The maximum atomic E-state index is 14.8. The van der Waals surface area contributed by atoms with Crippen LogP contribution in [0.15, 0.2) is 35.3 Å². The monoisotopic (exact) mass is 510 g/mol. The number of alkyl halides is 4. The van der Waals surface area contributed by atoms with E-state index in [1.54, 1.807) is 0 Å². The minimum absolute atomic E-state index is 0.0418. The summed E-state index contributed by atoms with van der Waals surface area (Å²) in [5, 5.41) is 5.80. The molecule has 2 heterocycles. The number of nitrogens with zero attached hydrogens (tertiary/aromatic N) is 2. The number of pyridine rings is 1. The van der Waals surface area contributed by atoms with Crippen LogP contribution in [0.4, 0.5) is 27.6 Å². The minimum Gasteiger partial charge on any atom is -0.381 e. The standard InChI is InChI=1S/C25H27F5N4O2/c1-12(13-5-4-6-17(21(13)26)24(2,27)28)31-23(36)16-11-34(19-8-25(19,29)30)20(35)7-18(16)32-22-14-9-33(3)10-15(14)22/h4-7,11-12,14-15,19,22,32H,8-10H2,1-3H3,(H,31,36)/t12-,14-,15+,19-,22?/m1/s1. The fourth-order valence-electron chi connectivity index (χ4n) is 5.30. The highest BCUT2D eigenvalue weighted by atomic mass is 19.3. The van der Waals surface area contributed by atoms with Crippen LogP contribution < -0.4 is 16.2 Å². The third kappa shape index (κ3) is 4.38. The molecule has 5 atom stereocenters. The Morgan fingerprint density at radius 1 is 1.22 bits per heavy atom. The lowest BCUT2D eigenvalue weighted by atomic mass is 10.0. The quantitative estimate of drug-likeness (QED) is 0.550. The smallest absolute Gasteiger partial charge is 0.273 e. The summed E-state index contributed by atoms with van der Waals surface area (Å²) in [5.41, 5.74) is -1.42. The average Bonchev–Trinajstić information content (AvgIpc) is 3.54. The number of nitrogens with one attached hydrogen (secondary N) is 2. The molecule has 1 aromatic heterocycles. The molecule has 5 rings (SSSR count). The summed E-state index contributed by atoms with van der Waals surface area (Å²) in [6, 6.07) is 2.39. The molecule has 11 heteroatoms. The molecule has 2 saturated carbocycles. The lowest BCUT2D eigenvalue weighted by molar-refractivity contribution is 0.0135. The molecule has 36 heavy (non-hydrogen) atoms. The Morgan fingerprint density at radius 2 is 1.86 bits per heavy atom. The van der Waals surface area contributed by atoms with Gasteiger partial charge in [-0.15, -0.1) is 0 Å². The number of carbonyl (C=O) groups is 1. The zero-order valence-electron chi connectivity index (χ0n) is 20.0. The number of halogens is 5. The highest BCUT2D eigenvalue weighted by Crippen LogP contribution is 2.52. The van der Waals surface area contributed by atoms with Crippen molar-refractivity contribution in [1.82, 2.24) is 14.8 Å². The van der Waals surface area contributed by atoms with Crippen LogP contribution >= 0.6 is 0 Å². The number of anilines is 1. The SMILES string of the molecule is C[C@@H](NC(=O)c1cn([C@@H]2CC2(F)F)c(=O)cc1NC1[C@H]2CN(C)C[C@@H]12)c1cccc(C(C)(F)F)c1F. The molecule has 0 spiro atoms. The summed E-state index contributed by atoms with van der Waals surface area (Å²) >= 11 is 0. The number of hydrogen-bond acceptors (Lipinski definition) is 4. The molecule has 1 unspecified atom stereocenters. The van der Waals surface area contributed by atoms with Crippen molar-refractivity contribution in [3.63, 3.8) is 0 Å². The summed E-state index contributed by atoms with van der Waals surface area (Å²) < 4.78 is 70.7. The molecule has 2 aromatic rings. The van der Waals surface area contributed by atoms with E-state index in [-0.39, 0.29) is 22.9 Å². The lowest BCUT2D eigenvalue weighted by Crippen LogP contribution is -2.32. The fourth-order valence-corrected chi connectivity index (χ4v) is 5.30. The van der Waals surface area contributed by atoms with E-state index >= 15 is 0 Å². The normalized spacial score (nSPS) is 27.3. The van der Waals surface area contributed by atoms with Gasteiger partial charge in [-0.2, -0.15) is 0 Å². The largest absolute Gasteiger partial charge is 0.381 e. The number of carbonyl (C=O) groups excluding carboxylic acids is 1. The number of rotatable bonds is 7. The van der Waals surface area contributed by atoms with Crippen LogP contribution in [0, 0.1) is 17.7 Å². The van der Waals surface area contributed by atoms with E-state index in [0.717, 1.165) is 36.0 Å². The number of aromatic nitrogens is 1. The minimum atomic E-state index is -3.41. The molecule has 3 aliphatic rings. The number of amides is 1. The first-order chi connectivity index (χ1) is 16.8. The van der Waals surface area contributed by atoms with Gasteiger partial charge in [-0.1, -0.05) is 18.2 Å². The topological polar surface area (TPSA) is 66.4 Å². The fraction of sp³-hybridized carbons (Fsp3) is 0.520. The molecule has 1 aliphatic heterocycles. The molecule has 0 radical (unpaired) electrons. The van der Waals surface area contributed by atoms with Crippen LogP contribution in [0.3, 0.4) is 0 Å². The number of piperidine rings is 1. The van der Waals surface area contributed by atoms with Crippen LogP contribution in [-0.2, 0) is 5.92 Å². The first kappa shape index (κ1) is 24.7. The van der Waals surface area contributed by atoms with Gasteiger partial charge in [-0.25, -0.2) is 22.0 Å². The second-order valence-corrected chi connectivity index (χ2v) is 10.3. The van der Waals surface area contributed by atoms with E-state index in [0.29, 0.717) is 18.8 Å². The summed E-state index contributed by atoms with van der Waals surface area (Å²) in [7, 11) is 2.00. The Balaban J connectivity index is 1.43. The molecule has 2 aliphatic carbocycles. The van der Waals surface area contributed by atoms with Crippen LogP contribution in [-0.4, -0.2) is 47.5 Å². The van der Waals surface area contributed by atoms with Gasteiger partial charge in [0.1, 0.15) is 11.9 Å². The molecule has 0 bridgehead atoms. The van der Waals surface area contributed by atoms with Crippen molar-refractivity contribution in [3.05, 3.63) is 63.3 Å². The molecular weight excluding hydrogens is 483 g/mol. The van der Waals surface area contributed by atoms with Crippen molar-refractivity contribution < 1.29 is 26.7 Å². The van der Waals surface area contributed by atoms with Crippen LogP contribution in [0.25, 0.3) is 0 Å². The van der Waals surface area contributed by atoms with Gasteiger partial charge < -0.3 is 20.1 Å². The van der Waals surface area contributed by atoms with Crippen LogP contribution in [0.1, 0.15) is 53.8 Å². The van der Waals surface area contributed by atoms with E-state index in [1.165, 1.54) is 19.1 Å². The van der Waals surface area contributed by atoms with Crippen molar-refractivity contribution in [1.29, 1.82) is 0 Å². The van der Waals surface area contributed by atoms with Gasteiger partial charge >= 0.3 is 0 Å². The number of benzene rings is 1. The van der Waals surface area contributed by atoms with Crippen LogP contribution in [0.5, 0.6) is 0 Å². The van der Waals surface area contributed by atoms with Gasteiger partial charge in [0.15, 0.2) is 0 Å². The number of fused-ring (bicyclic) bond motifs is 1. The van der Waals surface area contributed by atoms with Gasteiger partial charge in [0.25, 0.3) is 23.3 Å². The number of likely N-dealkylation sites (tertiary alicyclic amines) is 1. The van der Waals surface area contributed by atoms with Crippen molar-refractivity contribution in [2.45, 2.75) is 50.2 Å². The summed E-state index contributed by atoms with van der Waals surface area (Å²) in [6.07, 6.45) is 0.606. The zero-order valence-corrected chi connectivity index (χ0v) is 20.0. The molecular formula is C25H27F5N4O2. The first-order valence-electron chi connectivity index (χ1n) is 11.8. The Kier molecular flexibility index (Phi) is 5.70. The van der Waals surface area contributed by atoms with Gasteiger partial charge in [0, 0.05) is 50.3 Å². The van der Waals surface area contributed by atoms with E-state index in [4.69, 9.17) is 0 Å². The highest BCUT2D eigenvalue weighted by Gasteiger charge is 2.59. The summed E-state index contributed by atoms with van der Waals surface area (Å²) in [4.78, 5) is 28.1. The molecule has 3 fully saturated rings. The molecule has 1 amide bonds. The Bertz CT molecular complexity index is 1260. The first-order valence-corrected chi connectivity index (χ1v) is 11.8. The molecule has 2 N–H and O–H groups in total. The lowest BCUT2D eigenvalue weighted by Gasteiger charge is -2.21. The predicted octanol–water partition coefficient (Wildman–Crippen LogP) is 4.14. The van der Waals surface area contributed by atoms with Gasteiger partial charge in [-0.05, 0) is 25.8 Å².